The van der Waals surface area contributed by atoms with Crippen LogP contribution >= 0.6 is 11.6 Å². The highest BCUT2D eigenvalue weighted by Gasteiger charge is 2.08. The average Bonchev–Trinajstić information content (AvgIpc) is 2.36. The Bertz CT molecular complexity index is 579. The van der Waals surface area contributed by atoms with Crippen molar-refractivity contribution in [2.45, 2.75) is 0 Å². The lowest BCUT2D eigenvalue weighted by molar-refractivity contribution is 0.313. The van der Waals surface area contributed by atoms with E-state index in [1.165, 1.54) is 13.2 Å². The summed E-state index contributed by atoms with van der Waals surface area (Å²) in [6, 6.07) is 4.88. The first-order valence-electron chi connectivity index (χ1n) is 5.14. The normalized spacial score (nSPS) is 10.5. The van der Waals surface area contributed by atoms with Gasteiger partial charge in [0.1, 0.15) is 6.61 Å². The smallest absolute Gasteiger partial charge is 0.189 e. The predicted molar refractivity (Wildman–Crippen MR) is 67.3 cm³/mol. The Hall–Kier alpha value is -1.68. The molecule has 4 nitrogen and oxygen atoms in total. The molecule has 1 aromatic heterocycles. The van der Waals surface area contributed by atoms with Crippen molar-refractivity contribution in [3.63, 3.8) is 0 Å². The summed E-state index contributed by atoms with van der Waals surface area (Å²) in [5.74, 6) is 1.49. The standard InChI is InChI=1S/C12H12ClNO3/c1-16-11-6-8-9(14-4-2-10(8)15)7-12(11)17-5-3-13/h2,4,6-7H,3,5H2,1H3,(H,14,15). The number of H-pyrrole nitrogens is 1. The molecule has 0 aliphatic heterocycles. The largest absolute Gasteiger partial charge is 0.493 e. The number of methoxy groups -OCH3 is 1. The van der Waals surface area contributed by atoms with Crippen molar-refractivity contribution in [3.05, 3.63) is 34.6 Å². The number of rotatable bonds is 4. The molecule has 1 aromatic carbocycles. The van der Waals surface area contributed by atoms with Gasteiger partial charge in [-0.1, -0.05) is 0 Å². The number of aromatic amines is 1. The highest BCUT2D eigenvalue weighted by atomic mass is 35.5. The molecule has 0 atom stereocenters. The Kier molecular flexibility index (Phi) is 3.54. The molecule has 0 aliphatic rings. The van der Waals surface area contributed by atoms with Gasteiger partial charge in [0.15, 0.2) is 16.9 Å². The van der Waals surface area contributed by atoms with Gasteiger partial charge >= 0.3 is 0 Å². The Morgan fingerprint density at radius 1 is 1.35 bits per heavy atom. The number of pyridine rings is 1. The number of hydrogen-bond donors (Lipinski definition) is 1. The van der Waals surface area contributed by atoms with E-state index in [1.54, 1.807) is 18.3 Å². The monoisotopic (exact) mass is 253 g/mol. The predicted octanol–water partition coefficient (Wildman–Crippen LogP) is 2.15. The summed E-state index contributed by atoms with van der Waals surface area (Å²) < 4.78 is 10.6. The molecular weight excluding hydrogens is 242 g/mol. The lowest BCUT2D eigenvalue weighted by Gasteiger charge is -2.10. The minimum Gasteiger partial charge on any atom is -0.493 e. The van der Waals surface area contributed by atoms with E-state index in [0.717, 1.165) is 0 Å². The van der Waals surface area contributed by atoms with Crippen molar-refractivity contribution in [1.29, 1.82) is 0 Å². The molecule has 90 valence electrons. The van der Waals surface area contributed by atoms with E-state index in [9.17, 15) is 4.79 Å². The fourth-order valence-corrected chi connectivity index (χ4v) is 1.68. The van der Waals surface area contributed by atoms with Crippen LogP contribution in [0.25, 0.3) is 10.9 Å². The highest BCUT2D eigenvalue weighted by molar-refractivity contribution is 6.18. The maximum absolute atomic E-state index is 11.6. The molecule has 0 saturated carbocycles. The van der Waals surface area contributed by atoms with Crippen LogP contribution in [0.1, 0.15) is 0 Å². The van der Waals surface area contributed by atoms with Gasteiger partial charge in [-0.2, -0.15) is 0 Å². The number of aromatic nitrogens is 1. The zero-order valence-electron chi connectivity index (χ0n) is 9.33. The van der Waals surface area contributed by atoms with E-state index in [-0.39, 0.29) is 5.43 Å². The summed E-state index contributed by atoms with van der Waals surface area (Å²) in [4.78, 5) is 14.6. The number of ether oxygens (including phenoxy) is 2. The van der Waals surface area contributed by atoms with Gasteiger partial charge in [0.05, 0.1) is 18.5 Å². The lowest BCUT2D eigenvalue weighted by Crippen LogP contribution is -2.04. The summed E-state index contributed by atoms with van der Waals surface area (Å²) >= 11 is 5.57. The van der Waals surface area contributed by atoms with Gasteiger partial charge in [0.25, 0.3) is 0 Å². The van der Waals surface area contributed by atoms with Crippen LogP contribution in [0.2, 0.25) is 0 Å². The number of alkyl halides is 1. The fraction of sp³-hybridized carbons (Fsp3) is 0.250. The van der Waals surface area contributed by atoms with Crippen molar-refractivity contribution in [2.75, 3.05) is 19.6 Å². The molecule has 2 rings (SSSR count). The second kappa shape index (κ2) is 5.10. The van der Waals surface area contributed by atoms with E-state index in [4.69, 9.17) is 21.1 Å². The molecule has 1 heterocycles. The van der Waals surface area contributed by atoms with Crippen LogP contribution in [-0.2, 0) is 0 Å². The molecule has 1 N–H and O–H groups in total. The first kappa shape index (κ1) is 11.8. The van der Waals surface area contributed by atoms with Gasteiger partial charge in [-0.05, 0) is 6.07 Å². The van der Waals surface area contributed by atoms with Gasteiger partial charge in [-0.25, -0.2) is 0 Å². The molecule has 0 fully saturated rings. The molecule has 0 aliphatic carbocycles. The van der Waals surface area contributed by atoms with E-state index in [2.05, 4.69) is 4.98 Å². The van der Waals surface area contributed by atoms with Crippen molar-refractivity contribution in [1.82, 2.24) is 4.98 Å². The van der Waals surface area contributed by atoms with Crippen LogP contribution in [0.4, 0.5) is 0 Å². The average molecular weight is 254 g/mol. The fourth-order valence-electron chi connectivity index (χ4n) is 1.60. The van der Waals surface area contributed by atoms with Crippen LogP contribution in [0.15, 0.2) is 29.2 Å². The Morgan fingerprint density at radius 3 is 2.88 bits per heavy atom. The topological polar surface area (TPSA) is 51.3 Å². The second-order valence-electron chi connectivity index (χ2n) is 3.43. The summed E-state index contributed by atoms with van der Waals surface area (Å²) in [6.07, 6.45) is 1.60. The number of fused-ring (bicyclic) bond motifs is 1. The Balaban J connectivity index is 2.56. The molecule has 17 heavy (non-hydrogen) atoms. The minimum atomic E-state index is -0.0547. The lowest BCUT2D eigenvalue weighted by atomic mass is 10.2. The molecule has 0 bridgehead atoms. The molecule has 5 heteroatoms. The van der Waals surface area contributed by atoms with Crippen molar-refractivity contribution in [3.8, 4) is 11.5 Å². The first-order chi connectivity index (χ1) is 8.26. The summed E-state index contributed by atoms with van der Waals surface area (Å²) in [6.45, 7) is 0.389. The third kappa shape index (κ3) is 2.36. The van der Waals surface area contributed by atoms with E-state index in [1.807, 2.05) is 0 Å². The molecule has 0 saturated heterocycles. The summed E-state index contributed by atoms with van der Waals surface area (Å²) in [7, 11) is 1.53. The van der Waals surface area contributed by atoms with Crippen LogP contribution in [0.3, 0.4) is 0 Å². The van der Waals surface area contributed by atoms with E-state index in [0.29, 0.717) is 34.9 Å². The maximum Gasteiger partial charge on any atom is 0.189 e. The molecule has 0 unspecified atom stereocenters. The third-order valence-corrected chi connectivity index (χ3v) is 2.53. The number of hydrogen-bond acceptors (Lipinski definition) is 3. The summed E-state index contributed by atoms with van der Waals surface area (Å²) in [5, 5.41) is 0.572. The summed E-state index contributed by atoms with van der Waals surface area (Å²) in [5.41, 5.74) is 0.656. The van der Waals surface area contributed by atoms with Gasteiger partial charge in [-0.15, -0.1) is 11.6 Å². The molecule has 0 radical (unpaired) electrons. The minimum absolute atomic E-state index is 0.0547. The molecule has 0 spiro atoms. The SMILES string of the molecule is COc1cc2c(=O)cc[nH]c2cc1OCCCl. The highest BCUT2D eigenvalue weighted by Crippen LogP contribution is 2.30. The van der Waals surface area contributed by atoms with Gasteiger partial charge in [-0.3, -0.25) is 4.79 Å². The van der Waals surface area contributed by atoms with Crippen LogP contribution < -0.4 is 14.9 Å². The molecular formula is C12H12ClNO3. The molecule has 2 aromatic rings. The van der Waals surface area contributed by atoms with Gasteiger partial charge in [0, 0.05) is 23.7 Å². The molecule has 0 amide bonds. The van der Waals surface area contributed by atoms with Gasteiger partial charge < -0.3 is 14.5 Å². The maximum atomic E-state index is 11.6. The van der Waals surface area contributed by atoms with Crippen LogP contribution in [-0.4, -0.2) is 24.6 Å². The third-order valence-electron chi connectivity index (χ3n) is 2.38. The van der Waals surface area contributed by atoms with Crippen molar-refractivity contribution < 1.29 is 9.47 Å². The quantitative estimate of drug-likeness (QED) is 0.850. The second-order valence-corrected chi connectivity index (χ2v) is 3.81. The van der Waals surface area contributed by atoms with Crippen molar-refractivity contribution in [2.24, 2.45) is 0 Å². The van der Waals surface area contributed by atoms with Crippen LogP contribution in [0, 0.1) is 0 Å². The van der Waals surface area contributed by atoms with E-state index >= 15 is 0 Å². The Morgan fingerprint density at radius 2 is 2.18 bits per heavy atom. The first-order valence-corrected chi connectivity index (χ1v) is 5.68. The zero-order valence-corrected chi connectivity index (χ0v) is 10.1. The number of nitrogens with one attached hydrogen (secondary N) is 1. The van der Waals surface area contributed by atoms with E-state index < -0.39 is 0 Å². The van der Waals surface area contributed by atoms with Gasteiger partial charge in [0.2, 0.25) is 0 Å². The Labute approximate surface area is 103 Å². The van der Waals surface area contributed by atoms with Crippen LogP contribution in [0.5, 0.6) is 11.5 Å². The number of halogens is 1. The van der Waals surface area contributed by atoms with Crippen molar-refractivity contribution >= 4 is 22.5 Å². The zero-order chi connectivity index (χ0) is 12.3. The number of benzene rings is 1.